The SMILES string of the molecule is Cc1ccoc1C(=O)N1CCc2ncnc(-c3cnn(C)c3)c2CC1. The number of fused-ring (bicyclic) bond motifs is 1. The molecule has 3 aromatic rings. The minimum atomic E-state index is -0.0637. The Balaban J connectivity index is 1.62. The van der Waals surface area contributed by atoms with Crippen LogP contribution < -0.4 is 0 Å². The van der Waals surface area contributed by atoms with E-state index in [-0.39, 0.29) is 5.91 Å². The van der Waals surface area contributed by atoms with Gasteiger partial charge < -0.3 is 9.32 Å². The number of amides is 1. The third-order valence-electron chi connectivity index (χ3n) is 4.61. The zero-order valence-electron chi connectivity index (χ0n) is 14.3. The van der Waals surface area contributed by atoms with Crippen molar-refractivity contribution in [3.05, 3.63) is 53.6 Å². The molecule has 0 unspecified atom stereocenters. The number of carbonyl (C=O) groups is 1. The van der Waals surface area contributed by atoms with Crippen LogP contribution in [0, 0.1) is 6.92 Å². The molecule has 0 spiro atoms. The van der Waals surface area contributed by atoms with Crippen molar-refractivity contribution in [2.24, 2.45) is 7.05 Å². The maximum Gasteiger partial charge on any atom is 0.289 e. The summed E-state index contributed by atoms with van der Waals surface area (Å²) >= 11 is 0. The van der Waals surface area contributed by atoms with Gasteiger partial charge in [0.05, 0.1) is 18.2 Å². The molecule has 0 aliphatic carbocycles. The average Bonchev–Trinajstić information content (AvgIpc) is 3.16. The van der Waals surface area contributed by atoms with E-state index in [2.05, 4.69) is 15.1 Å². The van der Waals surface area contributed by atoms with Gasteiger partial charge in [-0.25, -0.2) is 9.97 Å². The normalized spacial score (nSPS) is 14.2. The van der Waals surface area contributed by atoms with E-state index in [9.17, 15) is 4.79 Å². The topological polar surface area (TPSA) is 77.1 Å². The number of hydrogen-bond acceptors (Lipinski definition) is 5. The van der Waals surface area contributed by atoms with E-state index in [1.165, 1.54) is 0 Å². The van der Waals surface area contributed by atoms with Gasteiger partial charge in [-0.3, -0.25) is 9.48 Å². The molecule has 0 aromatic carbocycles. The van der Waals surface area contributed by atoms with Gasteiger partial charge in [0, 0.05) is 55.1 Å². The van der Waals surface area contributed by atoms with Crippen molar-refractivity contribution in [1.29, 1.82) is 0 Å². The molecule has 0 saturated heterocycles. The predicted octanol–water partition coefficient (Wildman–Crippen LogP) is 2.02. The third-order valence-corrected chi connectivity index (χ3v) is 4.61. The van der Waals surface area contributed by atoms with E-state index in [4.69, 9.17) is 4.42 Å². The standard InChI is InChI=1S/C18H19N5O2/c1-12-5-8-25-17(12)18(24)23-6-3-14-15(4-7-23)19-11-20-16(14)13-9-21-22(2)10-13/h5,8-11H,3-4,6-7H2,1-2H3. The molecule has 4 heterocycles. The number of carbonyl (C=O) groups excluding carboxylic acids is 1. The second-order valence-corrected chi connectivity index (χ2v) is 6.28. The smallest absolute Gasteiger partial charge is 0.289 e. The van der Waals surface area contributed by atoms with Crippen LogP contribution in [0.3, 0.4) is 0 Å². The first-order chi connectivity index (χ1) is 12.1. The lowest BCUT2D eigenvalue weighted by molar-refractivity contribution is 0.0730. The minimum Gasteiger partial charge on any atom is -0.459 e. The Hall–Kier alpha value is -2.96. The first-order valence-corrected chi connectivity index (χ1v) is 8.28. The van der Waals surface area contributed by atoms with E-state index in [0.717, 1.165) is 28.1 Å². The molecule has 25 heavy (non-hydrogen) atoms. The Morgan fingerprint density at radius 1 is 1.24 bits per heavy atom. The molecule has 1 aliphatic heterocycles. The van der Waals surface area contributed by atoms with Crippen LogP contribution in [0.15, 0.2) is 35.5 Å². The van der Waals surface area contributed by atoms with Crippen LogP contribution in [0.25, 0.3) is 11.3 Å². The molecular weight excluding hydrogens is 318 g/mol. The summed E-state index contributed by atoms with van der Waals surface area (Å²) in [5, 5.41) is 4.23. The number of rotatable bonds is 2. The molecule has 3 aromatic heterocycles. The van der Waals surface area contributed by atoms with Crippen molar-refractivity contribution in [2.45, 2.75) is 19.8 Å². The fourth-order valence-electron chi connectivity index (χ4n) is 3.26. The first kappa shape index (κ1) is 15.6. The van der Waals surface area contributed by atoms with E-state index < -0.39 is 0 Å². The number of nitrogens with zero attached hydrogens (tertiary/aromatic N) is 5. The van der Waals surface area contributed by atoms with Crippen molar-refractivity contribution in [2.75, 3.05) is 13.1 Å². The highest BCUT2D eigenvalue weighted by molar-refractivity contribution is 5.93. The van der Waals surface area contributed by atoms with Gasteiger partial charge in [0.1, 0.15) is 6.33 Å². The summed E-state index contributed by atoms with van der Waals surface area (Å²) < 4.78 is 7.12. The molecule has 0 saturated carbocycles. The highest BCUT2D eigenvalue weighted by Gasteiger charge is 2.25. The van der Waals surface area contributed by atoms with E-state index in [1.807, 2.05) is 37.3 Å². The zero-order chi connectivity index (χ0) is 17.4. The van der Waals surface area contributed by atoms with Gasteiger partial charge in [-0.05, 0) is 19.4 Å². The van der Waals surface area contributed by atoms with Gasteiger partial charge in [-0.15, -0.1) is 0 Å². The maximum absolute atomic E-state index is 12.7. The Kier molecular flexibility index (Phi) is 3.83. The van der Waals surface area contributed by atoms with Gasteiger partial charge in [0.2, 0.25) is 0 Å². The van der Waals surface area contributed by atoms with Crippen LogP contribution in [-0.4, -0.2) is 43.6 Å². The summed E-state index contributed by atoms with van der Waals surface area (Å²) in [6.07, 6.45) is 8.32. The minimum absolute atomic E-state index is 0.0637. The first-order valence-electron chi connectivity index (χ1n) is 8.28. The molecule has 4 rings (SSSR count). The Morgan fingerprint density at radius 3 is 2.80 bits per heavy atom. The van der Waals surface area contributed by atoms with Crippen LogP contribution in [0.1, 0.15) is 27.4 Å². The fraction of sp³-hybridized carbons (Fsp3) is 0.333. The summed E-state index contributed by atoms with van der Waals surface area (Å²) in [6, 6.07) is 1.81. The molecule has 0 fully saturated rings. The number of hydrogen-bond donors (Lipinski definition) is 0. The van der Waals surface area contributed by atoms with Crippen molar-refractivity contribution in [3.63, 3.8) is 0 Å². The Morgan fingerprint density at radius 2 is 2.08 bits per heavy atom. The van der Waals surface area contributed by atoms with Gasteiger partial charge in [-0.2, -0.15) is 5.10 Å². The molecule has 1 amide bonds. The summed E-state index contributed by atoms with van der Waals surface area (Å²) in [6.45, 7) is 3.12. The summed E-state index contributed by atoms with van der Waals surface area (Å²) in [5.41, 5.74) is 4.84. The Bertz CT molecular complexity index is 927. The quantitative estimate of drug-likeness (QED) is 0.715. The van der Waals surface area contributed by atoms with E-state index in [0.29, 0.717) is 31.7 Å². The maximum atomic E-state index is 12.7. The van der Waals surface area contributed by atoms with E-state index in [1.54, 1.807) is 17.3 Å². The highest BCUT2D eigenvalue weighted by atomic mass is 16.3. The van der Waals surface area contributed by atoms with Crippen LogP contribution in [0.5, 0.6) is 0 Å². The second kappa shape index (κ2) is 6.16. The third kappa shape index (κ3) is 2.82. The number of furan rings is 1. The van der Waals surface area contributed by atoms with E-state index >= 15 is 0 Å². The molecule has 0 N–H and O–H groups in total. The highest BCUT2D eigenvalue weighted by Crippen LogP contribution is 2.26. The van der Waals surface area contributed by atoms with Crippen molar-refractivity contribution >= 4 is 5.91 Å². The molecule has 0 radical (unpaired) electrons. The summed E-state index contributed by atoms with van der Waals surface area (Å²) in [7, 11) is 1.88. The molecule has 7 heteroatoms. The lowest BCUT2D eigenvalue weighted by Gasteiger charge is -2.19. The Labute approximate surface area is 145 Å². The second-order valence-electron chi connectivity index (χ2n) is 6.28. The van der Waals surface area contributed by atoms with Crippen molar-refractivity contribution in [3.8, 4) is 11.3 Å². The van der Waals surface area contributed by atoms with Crippen LogP contribution in [0.4, 0.5) is 0 Å². The molecule has 7 nitrogen and oxygen atoms in total. The molecule has 0 bridgehead atoms. The number of aryl methyl sites for hydroxylation is 2. The fourth-order valence-corrected chi connectivity index (χ4v) is 3.26. The molecular formula is C18H19N5O2. The molecule has 0 atom stereocenters. The lowest BCUT2D eigenvalue weighted by Crippen LogP contribution is -2.33. The monoisotopic (exact) mass is 337 g/mol. The average molecular weight is 337 g/mol. The largest absolute Gasteiger partial charge is 0.459 e. The van der Waals surface area contributed by atoms with Crippen LogP contribution >= 0.6 is 0 Å². The molecule has 1 aliphatic rings. The summed E-state index contributed by atoms with van der Waals surface area (Å²) in [5.74, 6) is 0.357. The van der Waals surface area contributed by atoms with Crippen LogP contribution in [-0.2, 0) is 19.9 Å². The summed E-state index contributed by atoms with van der Waals surface area (Å²) in [4.78, 5) is 23.5. The lowest BCUT2D eigenvalue weighted by atomic mass is 10.0. The molecule has 128 valence electrons. The van der Waals surface area contributed by atoms with Gasteiger partial charge >= 0.3 is 0 Å². The van der Waals surface area contributed by atoms with Gasteiger partial charge in [0.25, 0.3) is 5.91 Å². The predicted molar refractivity (Wildman–Crippen MR) is 91.0 cm³/mol. The number of aromatic nitrogens is 4. The van der Waals surface area contributed by atoms with Crippen molar-refractivity contribution < 1.29 is 9.21 Å². The van der Waals surface area contributed by atoms with Crippen molar-refractivity contribution in [1.82, 2.24) is 24.6 Å². The van der Waals surface area contributed by atoms with Gasteiger partial charge in [-0.1, -0.05) is 0 Å². The van der Waals surface area contributed by atoms with Gasteiger partial charge in [0.15, 0.2) is 5.76 Å². The zero-order valence-corrected chi connectivity index (χ0v) is 14.3. The van der Waals surface area contributed by atoms with Crippen LogP contribution in [0.2, 0.25) is 0 Å².